The Morgan fingerprint density at radius 2 is 2.00 bits per heavy atom. The molecule has 0 aliphatic heterocycles. The van der Waals surface area contributed by atoms with Crippen molar-refractivity contribution in [2.75, 3.05) is 0 Å². The maximum atomic E-state index is 12.5. The maximum Gasteiger partial charge on any atom is 0.435 e. The van der Waals surface area contributed by atoms with Crippen LogP contribution in [0.25, 0.3) is 5.69 Å². The van der Waals surface area contributed by atoms with Crippen molar-refractivity contribution in [2.24, 2.45) is 0 Å². The fraction of sp³-hybridized carbons (Fsp3) is 0.214. The third-order valence-electron chi connectivity index (χ3n) is 2.97. The Morgan fingerprint density at radius 3 is 2.57 bits per heavy atom. The summed E-state index contributed by atoms with van der Waals surface area (Å²) in [6.07, 6.45) is -3.43. The molecule has 2 aromatic rings. The average molecular weight is 327 g/mol. The Kier molecular flexibility index (Phi) is 4.39. The summed E-state index contributed by atoms with van der Waals surface area (Å²) in [5.74, 6) is -1.85. The average Bonchev–Trinajstić information content (AvgIpc) is 2.97. The van der Waals surface area contributed by atoms with E-state index in [4.69, 9.17) is 5.11 Å². The number of carbonyl (C=O) groups excluding carboxylic acids is 1. The summed E-state index contributed by atoms with van der Waals surface area (Å²) >= 11 is 0. The molecular weight excluding hydrogens is 315 g/mol. The summed E-state index contributed by atoms with van der Waals surface area (Å²) in [6.45, 7) is 1.30. The molecular formula is C14H12F3N3O3. The number of carbonyl (C=O) groups is 2. The molecule has 0 radical (unpaired) electrons. The standard InChI is InChI=1S/C14H12F3N3O3/c1-8(13(22)23)18-12(21)9-3-2-4-10(7-9)20-6-5-11(19-20)14(15,16)17/h2-8H,1H3,(H,18,21)(H,22,23)/t8-/m1/s1. The smallest absolute Gasteiger partial charge is 0.435 e. The molecule has 0 aliphatic rings. The van der Waals surface area contributed by atoms with E-state index in [1.807, 2.05) is 0 Å². The number of nitrogens with one attached hydrogen (secondary N) is 1. The molecule has 2 N–H and O–H groups in total. The molecule has 23 heavy (non-hydrogen) atoms. The van der Waals surface area contributed by atoms with E-state index in [1.54, 1.807) is 0 Å². The van der Waals surface area contributed by atoms with Crippen molar-refractivity contribution in [2.45, 2.75) is 19.1 Å². The van der Waals surface area contributed by atoms with Gasteiger partial charge in [-0.15, -0.1) is 0 Å². The van der Waals surface area contributed by atoms with Gasteiger partial charge in [-0.1, -0.05) is 6.07 Å². The van der Waals surface area contributed by atoms with Crippen LogP contribution >= 0.6 is 0 Å². The first-order valence-corrected chi connectivity index (χ1v) is 6.45. The molecule has 0 bridgehead atoms. The van der Waals surface area contributed by atoms with Crippen molar-refractivity contribution >= 4 is 11.9 Å². The highest BCUT2D eigenvalue weighted by Gasteiger charge is 2.33. The van der Waals surface area contributed by atoms with Gasteiger partial charge in [-0.05, 0) is 31.2 Å². The number of carboxylic acid groups (broad SMARTS) is 1. The topological polar surface area (TPSA) is 84.2 Å². The van der Waals surface area contributed by atoms with Gasteiger partial charge in [0.1, 0.15) is 6.04 Å². The lowest BCUT2D eigenvalue weighted by Gasteiger charge is -2.10. The van der Waals surface area contributed by atoms with Crippen LogP contribution in [0.5, 0.6) is 0 Å². The Balaban J connectivity index is 2.25. The highest BCUT2D eigenvalue weighted by molar-refractivity contribution is 5.96. The zero-order chi connectivity index (χ0) is 17.2. The quantitative estimate of drug-likeness (QED) is 0.901. The minimum Gasteiger partial charge on any atom is -0.480 e. The van der Waals surface area contributed by atoms with Crippen LogP contribution in [0.4, 0.5) is 13.2 Å². The molecule has 1 aromatic carbocycles. The van der Waals surface area contributed by atoms with E-state index in [9.17, 15) is 22.8 Å². The molecule has 2 rings (SSSR count). The Morgan fingerprint density at radius 1 is 1.30 bits per heavy atom. The molecule has 122 valence electrons. The molecule has 1 heterocycles. The van der Waals surface area contributed by atoms with Crippen LogP contribution in [0, 0.1) is 0 Å². The lowest BCUT2D eigenvalue weighted by molar-refractivity contribution is -0.141. The molecule has 1 atom stereocenters. The van der Waals surface area contributed by atoms with Gasteiger partial charge in [0, 0.05) is 11.8 Å². The number of aromatic nitrogens is 2. The van der Waals surface area contributed by atoms with Gasteiger partial charge < -0.3 is 10.4 Å². The first kappa shape index (κ1) is 16.5. The van der Waals surface area contributed by atoms with Gasteiger partial charge in [-0.2, -0.15) is 18.3 Å². The number of benzene rings is 1. The van der Waals surface area contributed by atoms with E-state index in [0.717, 1.165) is 16.9 Å². The number of hydrogen-bond acceptors (Lipinski definition) is 3. The second-order valence-electron chi connectivity index (χ2n) is 4.73. The van der Waals surface area contributed by atoms with Crippen LogP contribution in [0.1, 0.15) is 23.0 Å². The third kappa shape index (κ3) is 3.87. The van der Waals surface area contributed by atoms with Crippen LogP contribution in [-0.2, 0) is 11.0 Å². The number of amides is 1. The lowest BCUT2D eigenvalue weighted by Crippen LogP contribution is -2.38. The summed E-state index contributed by atoms with van der Waals surface area (Å²) in [4.78, 5) is 22.6. The maximum absolute atomic E-state index is 12.5. The van der Waals surface area contributed by atoms with E-state index in [-0.39, 0.29) is 11.3 Å². The van der Waals surface area contributed by atoms with Crippen molar-refractivity contribution in [3.63, 3.8) is 0 Å². The summed E-state index contributed by atoms with van der Waals surface area (Å²) in [5.41, 5.74) is -0.692. The minimum absolute atomic E-state index is 0.111. The van der Waals surface area contributed by atoms with Crippen molar-refractivity contribution < 1.29 is 27.9 Å². The second-order valence-corrected chi connectivity index (χ2v) is 4.73. The van der Waals surface area contributed by atoms with Gasteiger partial charge in [0.05, 0.1) is 5.69 Å². The number of aliphatic carboxylic acids is 1. The van der Waals surface area contributed by atoms with Crippen molar-refractivity contribution in [1.82, 2.24) is 15.1 Å². The van der Waals surface area contributed by atoms with Gasteiger partial charge in [-0.25, -0.2) is 4.68 Å². The molecule has 0 saturated heterocycles. The van der Waals surface area contributed by atoms with Gasteiger partial charge in [0.15, 0.2) is 5.69 Å². The molecule has 0 spiro atoms. The molecule has 1 amide bonds. The van der Waals surface area contributed by atoms with Gasteiger partial charge in [0.2, 0.25) is 0 Å². The molecule has 0 fully saturated rings. The molecule has 1 aromatic heterocycles. The number of halogens is 3. The van der Waals surface area contributed by atoms with Crippen LogP contribution in [0.3, 0.4) is 0 Å². The zero-order valence-corrected chi connectivity index (χ0v) is 11.8. The first-order valence-electron chi connectivity index (χ1n) is 6.45. The van der Waals surface area contributed by atoms with Gasteiger partial charge in [0.25, 0.3) is 5.91 Å². The minimum atomic E-state index is -4.56. The monoisotopic (exact) mass is 327 g/mol. The van der Waals surface area contributed by atoms with E-state index in [0.29, 0.717) is 0 Å². The normalized spacial score (nSPS) is 12.7. The number of rotatable bonds is 4. The third-order valence-corrected chi connectivity index (χ3v) is 2.97. The fourth-order valence-corrected chi connectivity index (χ4v) is 1.75. The summed E-state index contributed by atoms with van der Waals surface area (Å²) in [7, 11) is 0. The number of alkyl halides is 3. The predicted molar refractivity (Wildman–Crippen MR) is 73.1 cm³/mol. The molecule has 6 nitrogen and oxygen atoms in total. The van der Waals surface area contributed by atoms with E-state index < -0.39 is 29.8 Å². The fourth-order valence-electron chi connectivity index (χ4n) is 1.75. The lowest BCUT2D eigenvalue weighted by atomic mass is 10.1. The van der Waals surface area contributed by atoms with Crippen LogP contribution < -0.4 is 5.32 Å². The van der Waals surface area contributed by atoms with Crippen LogP contribution in [-0.4, -0.2) is 32.8 Å². The molecule has 0 saturated carbocycles. The molecule has 0 unspecified atom stereocenters. The van der Waals surface area contributed by atoms with Crippen LogP contribution in [0.2, 0.25) is 0 Å². The van der Waals surface area contributed by atoms with Gasteiger partial charge >= 0.3 is 12.1 Å². The molecule has 0 aliphatic carbocycles. The highest BCUT2D eigenvalue weighted by atomic mass is 19.4. The van der Waals surface area contributed by atoms with E-state index in [2.05, 4.69) is 10.4 Å². The molecule has 9 heteroatoms. The number of nitrogens with zero attached hydrogens (tertiary/aromatic N) is 2. The largest absolute Gasteiger partial charge is 0.480 e. The predicted octanol–water partition coefficient (Wildman–Crippen LogP) is 2.09. The summed E-state index contributed by atoms with van der Waals surface area (Å²) in [6, 6.07) is 5.40. The second kappa shape index (κ2) is 6.11. The van der Waals surface area contributed by atoms with Crippen LogP contribution in [0.15, 0.2) is 36.5 Å². The Labute approximate surface area is 128 Å². The number of carboxylic acids is 1. The highest BCUT2D eigenvalue weighted by Crippen LogP contribution is 2.27. The number of hydrogen-bond donors (Lipinski definition) is 2. The first-order chi connectivity index (χ1) is 10.7. The van der Waals surface area contributed by atoms with E-state index >= 15 is 0 Å². The zero-order valence-electron chi connectivity index (χ0n) is 11.8. The van der Waals surface area contributed by atoms with Gasteiger partial charge in [-0.3, -0.25) is 9.59 Å². The van der Waals surface area contributed by atoms with E-state index in [1.165, 1.54) is 31.2 Å². The summed E-state index contributed by atoms with van der Waals surface area (Å²) < 4.78 is 38.6. The SMILES string of the molecule is C[C@@H](NC(=O)c1cccc(-n2ccc(C(F)(F)F)n2)c1)C(=O)O. The van der Waals surface area contributed by atoms with Crippen molar-refractivity contribution in [1.29, 1.82) is 0 Å². The Hall–Kier alpha value is -2.84. The van der Waals surface area contributed by atoms with Crippen molar-refractivity contribution in [3.8, 4) is 5.69 Å². The summed E-state index contributed by atoms with van der Waals surface area (Å²) in [5, 5.41) is 14.4. The Bertz CT molecular complexity index is 740. The van der Waals surface area contributed by atoms with Crippen molar-refractivity contribution in [3.05, 3.63) is 47.8 Å².